The zero-order chi connectivity index (χ0) is 14.4. The molecule has 3 aromatic rings. The van der Waals surface area contributed by atoms with Crippen molar-refractivity contribution < 1.29 is 9.15 Å². The third kappa shape index (κ3) is 2.33. The third-order valence-electron chi connectivity index (χ3n) is 3.72. The summed E-state index contributed by atoms with van der Waals surface area (Å²) in [7, 11) is 0. The first-order valence-corrected chi connectivity index (χ1v) is 6.88. The van der Waals surface area contributed by atoms with Crippen molar-refractivity contribution in [1.82, 2.24) is 0 Å². The fraction of sp³-hybridized carbons (Fsp3) is 0.188. The van der Waals surface area contributed by atoms with Gasteiger partial charge in [-0.25, -0.2) is 0 Å². The molecule has 0 amide bonds. The summed E-state index contributed by atoms with van der Waals surface area (Å²) in [4.78, 5) is 3.92. The van der Waals surface area contributed by atoms with Gasteiger partial charge in [-0.05, 0) is 35.7 Å². The van der Waals surface area contributed by atoms with Gasteiger partial charge in [-0.15, -0.1) is 12.4 Å². The number of fused-ring (bicyclic) bond motifs is 5. The number of rotatable bonds is 4. The van der Waals surface area contributed by atoms with Crippen molar-refractivity contribution in [2.24, 2.45) is 16.5 Å². The predicted molar refractivity (Wildman–Crippen MR) is 89.9 cm³/mol. The van der Waals surface area contributed by atoms with Crippen molar-refractivity contribution in [3.05, 3.63) is 41.5 Å². The average molecular weight is 318 g/mol. The molecule has 0 saturated carbocycles. The lowest BCUT2D eigenvalue weighted by Crippen LogP contribution is -2.23. The first-order valence-electron chi connectivity index (χ1n) is 6.88. The van der Waals surface area contributed by atoms with Crippen LogP contribution in [0.3, 0.4) is 0 Å². The van der Waals surface area contributed by atoms with E-state index in [1.165, 1.54) is 16.5 Å². The van der Waals surface area contributed by atoms with E-state index in [-0.39, 0.29) is 18.4 Å². The Labute approximate surface area is 133 Å². The van der Waals surface area contributed by atoms with Crippen LogP contribution in [0.4, 0.5) is 0 Å². The lowest BCUT2D eigenvalue weighted by atomic mass is 10.1. The van der Waals surface area contributed by atoms with Gasteiger partial charge in [0.15, 0.2) is 5.96 Å². The maximum absolute atomic E-state index is 5.90. The number of aliphatic imine (C=N–C) groups is 1. The molecule has 0 unspecified atom stereocenters. The highest BCUT2D eigenvalue weighted by Crippen LogP contribution is 2.44. The zero-order valence-corrected chi connectivity index (χ0v) is 12.7. The summed E-state index contributed by atoms with van der Waals surface area (Å²) in [6, 6.07) is 10.0. The highest BCUT2D eigenvalue weighted by molar-refractivity contribution is 6.11. The van der Waals surface area contributed by atoms with Gasteiger partial charge in [0, 0.05) is 5.39 Å². The van der Waals surface area contributed by atoms with Gasteiger partial charge in [-0.3, -0.25) is 4.99 Å². The van der Waals surface area contributed by atoms with Gasteiger partial charge in [0.2, 0.25) is 0 Å². The molecule has 0 atom stereocenters. The number of ether oxygens (including phenoxy) is 1. The summed E-state index contributed by atoms with van der Waals surface area (Å²) in [5.41, 5.74) is 15.1. The van der Waals surface area contributed by atoms with Crippen molar-refractivity contribution in [3.63, 3.8) is 0 Å². The topological polar surface area (TPSA) is 86.8 Å². The van der Waals surface area contributed by atoms with Crippen LogP contribution in [0.25, 0.3) is 21.9 Å². The maximum Gasteiger partial charge on any atom is 0.186 e. The van der Waals surface area contributed by atoms with E-state index < -0.39 is 0 Å². The van der Waals surface area contributed by atoms with Crippen LogP contribution in [0.5, 0.6) is 5.75 Å². The van der Waals surface area contributed by atoms with Crippen molar-refractivity contribution in [3.8, 4) is 5.75 Å². The Kier molecular flexibility index (Phi) is 3.58. The molecule has 0 bridgehead atoms. The standard InChI is InChI=1S/C16H15N3O2.ClH/c17-16(18)19-6-7-20-11-2-1-3-12-15(11)14-10-8-9(10)4-5-13(14)21-12;/h1-5H,6-8H2,(H4,17,18,19);1H. The van der Waals surface area contributed by atoms with E-state index in [1.54, 1.807) is 0 Å². The summed E-state index contributed by atoms with van der Waals surface area (Å²) in [5.74, 6) is 0.896. The predicted octanol–water partition coefficient (Wildman–Crippen LogP) is 2.56. The van der Waals surface area contributed by atoms with E-state index in [1.807, 2.05) is 24.3 Å². The Balaban J connectivity index is 0.00000144. The molecule has 6 heteroatoms. The van der Waals surface area contributed by atoms with Crippen LogP contribution in [0, 0.1) is 0 Å². The molecule has 0 fully saturated rings. The second kappa shape index (κ2) is 5.42. The number of guanidine groups is 1. The molecule has 2 aromatic carbocycles. The molecule has 0 saturated heterocycles. The number of hydrogen-bond donors (Lipinski definition) is 2. The quantitative estimate of drug-likeness (QED) is 0.344. The molecule has 4 N–H and O–H groups in total. The third-order valence-corrected chi connectivity index (χ3v) is 3.72. The lowest BCUT2D eigenvalue weighted by Gasteiger charge is -2.05. The van der Waals surface area contributed by atoms with Gasteiger partial charge in [-0.1, -0.05) is 12.1 Å². The molecular weight excluding hydrogens is 302 g/mol. The normalized spacial score (nSPS) is 11.8. The second-order valence-corrected chi connectivity index (χ2v) is 5.14. The van der Waals surface area contributed by atoms with Gasteiger partial charge in [0.25, 0.3) is 0 Å². The molecule has 0 radical (unpaired) electrons. The SMILES string of the molecule is Cl.NC(N)=NCCOc1cccc2oc3ccc4c(c3c12)C4. The van der Waals surface area contributed by atoms with Gasteiger partial charge >= 0.3 is 0 Å². The van der Waals surface area contributed by atoms with E-state index in [9.17, 15) is 0 Å². The van der Waals surface area contributed by atoms with E-state index in [4.69, 9.17) is 20.6 Å². The van der Waals surface area contributed by atoms with Gasteiger partial charge in [0.05, 0.1) is 11.9 Å². The van der Waals surface area contributed by atoms with Gasteiger partial charge in [-0.2, -0.15) is 0 Å². The Morgan fingerprint density at radius 2 is 1.95 bits per heavy atom. The van der Waals surface area contributed by atoms with Crippen molar-refractivity contribution >= 4 is 40.3 Å². The molecule has 22 heavy (non-hydrogen) atoms. The minimum atomic E-state index is 0. The molecule has 0 spiro atoms. The van der Waals surface area contributed by atoms with E-state index in [2.05, 4.69) is 11.1 Å². The first-order chi connectivity index (χ1) is 10.2. The largest absolute Gasteiger partial charge is 0.491 e. The first kappa shape index (κ1) is 14.5. The molecule has 4 rings (SSSR count). The summed E-state index contributed by atoms with van der Waals surface area (Å²) in [6.45, 7) is 0.866. The van der Waals surface area contributed by atoms with Crippen LogP contribution in [0.2, 0.25) is 0 Å². The Morgan fingerprint density at radius 1 is 1.14 bits per heavy atom. The summed E-state index contributed by atoms with van der Waals surface area (Å²) >= 11 is 0. The molecule has 114 valence electrons. The lowest BCUT2D eigenvalue weighted by molar-refractivity contribution is 0.332. The Hall–Kier alpha value is -2.40. The summed E-state index contributed by atoms with van der Waals surface area (Å²) < 4.78 is 11.7. The highest BCUT2D eigenvalue weighted by atomic mass is 35.5. The van der Waals surface area contributed by atoms with Crippen LogP contribution < -0.4 is 16.2 Å². The smallest absolute Gasteiger partial charge is 0.186 e. The van der Waals surface area contributed by atoms with Crippen LogP contribution in [-0.2, 0) is 6.42 Å². The molecule has 1 aliphatic carbocycles. The van der Waals surface area contributed by atoms with E-state index in [0.29, 0.717) is 13.2 Å². The summed E-state index contributed by atoms with van der Waals surface area (Å²) in [5, 5.41) is 2.23. The molecule has 5 nitrogen and oxygen atoms in total. The van der Waals surface area contributed by atoms with Crippen molar-refractivity contribution in [2.45, 2.75) is 6.42 Å². The van der Waals surface area contributed by atoms with E-state index in [0.717, 1.165) is 28.7 Å². The van der Waals surface area contributed by atoms with Crippen LogP contribution in [0.1, 0.15) is 11.1 Å². The fourth-order valence-corrected chi connectivity index (χ4v) is 2.73. The monoisotopic (exact) mass is 317 g/mol. The molecule has 1 heterocycles. The maximum atomic E-state index is 5.90. The van der Waals surface area contributed by atoms with Crippen molar-refractivity contribution in [1.29, 1.82) is 0 Å². The van der Waals surface area contributed by atoms with E-state index >= 15 is 0 Å². The Morgan fingerprint density at radius 3 is 2.77 bits per heavy atom. The molecule has 0 aliphatic heterocycles. The minimum Gasteiger partial charge on any atom is -0.491 e. The fourth-order valence-electron chi connectivity index (χ4n) is 2.73. The number of hydrogen-bond acceptors (Lipinski definition) is 3. The summed E-state index contributed by atoms with van der Waals surface area (Å²) in [6.07, 6.45) is 1.04. The highest BCUT2D eigenvalue weighted by Gasteiger charge is 2.25. The second-order valence-electron chi connectivity index (χ2n) is 5.14. The molecule has 1 aromatic heterocycles. The molecule has 1 aliphatic rings. The van der Waals surface area contributed by atoms with Crippen molar-refractivity contribution in [2.75, 3.05) is 13.2 Å². The number of furan rings is 1. The average Bonchev–Trinajstić information content (AvgIpc) is 3.15. The van der Waals surface area contributed by atoms with Crippen LogP contribution >= 0.6 is 12.4 Å². The minimum absolute atomic E-state index is 0. The van der Waals surface area contributed by atoms with Crippen LogP contribution in [0.15, 0.2) is 39.7 Å². The number of nitrogens with two attached hydrogens (primary N) is 2. The van der Waals surface area contributed by atoms with Gasteiger partial charge in [0.1, 0.15) is 23.5 Å². The Bertz CT molecular complexity index is 882. The zero-order valence-electron chi connectivity index (χ0n) is 11.8. The van der Waals surface area contributed by atoms with Gasteiger partial charge < -0.3 is 20.6 Å². The number of nitrogens with zero attached hydrogens (tertiary/aromatic N) is 1. The number of halogens is 1. The van der Waals surface area contributed by atoms with Crippen LogP contribution in [-0.4, -0.2) is 19.1 Å². The number of benzene rings is 2. The molecular formula is C16H16ClN3O2.